The molecule has 0 aliphatic carbocycles. The summed E-state index contributed by atoms with van der Waals surface area (Å²) in [5.74, 6) is 0. The standard InChI is InChI=1S/C10H22N2O2/c1-13-8-9-14-7-6-12-4-2-10(11)3-5-12/h10H,2-9,11H2,1H3. The van der Waals surface area contributed by atoms with Crippen molar-refractivity contribution in [2.24, 2.45) is 5.73 Å². The minimum atomic E-state index is 0.417. The number of rotatable bonds is 6. The molecule has 1 fully saturated rings. The van der Waals surface area contributed by atoms with Crippen LogP contribution in [0.2, 0.25) is 0 Å². The topological polar surface area (TPSA) is 47.7 Å². The maximum atomic E-state index is 5.82. The van der Waals surface area contributed by atoms with Crippen molar-refractivity contribution in [1.82, 2.24) is 4.90 Å². The fraction of sp³-hybridized carbons (Fsp3) is 1.00. The predicted molar refractivity (Wildman–Crippen MR) is 56.3 cm³/mol. The lowest BCUT2D eigenvalue weighted by Gasteiger charge is -2.29. The molecule has 0 unspecified atom stereocenters. The molecule has 1 saturated heterocycles. The van der Waals surface area contributed by atoms with E-state index >= 15 is 0 Å². The van der Waals surface area contributed by atoms with Crippen LogP contribution >= 0.6 is 0 Å². The third-order valence-electron chi connectivity index (χ3n) is 2.62. The van der Waals surface area contributed by atoms with E-state index in [0.717, 1.165) is 39.1 Å². The molecule has 0 radical (unpaired) electrons. The van der Waals surface area contributed by atoms with Crippen molar-refractivity contribution in [3.63, 3.8) is 0 Å². The average molecular weight is 202 g/mol. The van der Waals surface area contributed by atoms with Gasteiger partial charge in [0, 0.05) is 19.7 Å². The molecule has 0 spiro atoms. The number of methoxy groups -OCH3 is 1. The summed E-state index contributed by atoms with van der Waals surface area (Å²) in [7, 11) is 1.69. The lowest BCUT2D eigenvalue weighted by molar-refractivity contribution is 0.0533. The second-order valence-corrected chi connectivity index (χ2v) is 3.78. The highest BCUT2D eigenvalue weighted by Crippen LogP contribution is 2.07. The Labute approximate surface area is 86.3 Å². The number of hydrogen-bond acceptors (Lipinski definition) is 4. The van der Waals surface area contributed by atoms with Gasteiger partial charge in [0.2, 0.25) is 0 Å². The van der Waals surface area contributed by atoms with Gasteiger partial charge >= 0.3 is 0 Å². The van der Waals surface area contributed by atoms with Gasteiger partial charge < -0.3 is 20.1 Å². The van der Waals surface area contributed by atoms with E-state index in [0.29, 0.717) is 19.3 Å². The Balaban J connectivity index is 1.91. The number of piperidine rings is 1. The molecule has 4 nitrogen and oxygen atoms in total. The highest BCUT2D eigenvalue weighted by atomic mass is 16.5. The SMILES string of the molecule is COCCOCCN1CCC(N)CC1. The summed E-state index contributed by atoms with van der Waals surface area (Å²) in [6.07, 6.45) is 2.25. The molecule has 0 saturated carbocycles. The van der Waals surface area contributed by atoms with Gasteiger partial charge in [-0.3, -0.25) is 0 Å². The second kappa shape index (κ2) is 7.17. The fourth-order valence-corrected chi connectivity index (χ4v) is 1.61. The van der Waals surface area contributed by atoms with Crippen LogP contribution in [0.15, 0.2) is 0 Å². The van der Waals surface area contributed by atoms with Gasteiger partial charge in [-0.2, -0.15) is 0 Å². The maximum absolute atomic E-state index is 5.82. The van der Waals surface area contributed by atoms with Crippen LogP contribution in [0.1, 0.15) is 12.8 Å². The molecule has 84 valence electrons. The van der Waals surface area contributed by atoms with Crippen LogP contribution in [-0.4, -0.2) is 57.5 Å². The van der Waals surface area contributed by atoms with Crippen molar-refractivity contribution in [3.05, 3.63) is 0 Å². The van der Waals surface area contributed by atoms with Crippen molar-refractivity contribution < 1.29 is 9.47 Å². The smallest absolute Gasteiger partial charge is 0.0700 e. The molecule has 0 amide bonds. The normalized spacial score (nSPS) is 20.1. The summed E-state index contributed by atoms with van der Waals surface area (Å²) < 4.78 is 10.3. The van der Waals surface area contributed by atoms with Crippen LogP contribution in [0.4, 0.5) is 0 Å². The Hall–Kier alpha value is -0.160. The van der Waals surface area contributed by atoms with E-state index in [-0.39, 0.29) is 0 Å². The van der Waals surface area contributed by atoms with Gasteiger partial charge in [-0.15, -0.1) is 0 Å². The van der Waals surface area contributed by atoms with Crippen molar-refractivity contribution in [2.45, 2.75) is 18.9 Å². The van der Waals surface area contributed by atoms with Gasteiger partial charge in [0.25, 0.3) is 0 Å². The van der Waals surface area contributed by atoms with Gasteiger partial charge in [0.1, 0.15) is 0 Å². The number of ether oxygens (including phenoxy) is 2. The van der Waals surface area contributed by atoms with Gasteiger partial charge in [-0.1, -0.05) is 0 Å². The Morgan fingerprint density at radius 3 is 2.57 bits per heavy atom. The van der Waals surface area contributed by atoms with Crippen LogP contribution in [0.3, 0.4) is 0 Å². The molecule has 0 atom stereocenters. The minimum absolute atomic E-state index is 0.417. The average Bonchev–Trinajstić information content (AvgIpc) is 2.21. The zero-order chi connectivity index (χ0) is 10.2. The summed E-state index contributed by atoms with van der Waals surface area (Å²) in [5, 5.41) is 0. The third-order valence-corrected chi connectivity index (χ3v) is 2.62. The number of nitrogens with zero attached hydrogens (tertiary/aromatic N) is 1. The molecule has 1 heterocycles. The molecule has 0 aromatic rings. The van der Waals surface area contributed by atoms with E-state index in [1.165, 1.54) is 0 Å². The van der Waals surface area contributed by atoms with Gasteiger partial charge in [0.15, 0.2) is 0 Å². The first-order chi connectivity index (χ1) is 6.83. The first-order valence-corrected chi connectivity index (χ1v) is 5.37. The number of likely N-dealkylation sites (tertiary alicyclic amines) is 1. The monoisotopic (exact) mass is 202 g/mol. The third kappa shape index (κ3) is 4.91. The molecule has 4 heteroatoms. The molecule has 0 bridgehead atoms. The summed E-state index contributed by atoms with van der Waals surface area (Å²) in [6.45, 7) is 5.45. The first kappa shape index (κ1) is 11.9. The number of hydrogen-bond donors (Lipinski definition) is 1. The molecule has 0 aromatic carbocycles. The van der Waals surface area contributed by atoms with Gasteiger partial charge in [-0.05, 0) is 25.9 Å². The van der Waals surface area contributed by atoms with Crippen LogP contribution < -0.4 is 5.73 Å². The summed E-state index contributed by atoms with van der Waals surface area (Å²) in [4.78, 5) is 2.41. The Kier molecular flexibility index (Phi) is 6.10. The Morgan fingerprint density at radius 1 is 1.21 bits per heavy atom. The Morgan fingerprint density at radius 2 is 1.93 bits per heavy atom. The maximum Gasteiger partial charge on any atom is 0.0700 e. The summed E-state index contributed by atoms with van der Waals surface area (Å²) in [5.41, 5.74) is 5.82. The van der Waals surface area contributed by atoms with E-state index in [9.17, 15) is 0 Å². The zero-order valence-electron chi connectivity index (χ0n) is 9.08. The highest BCUT2D eigenvalue weighted by Gasteiger charge is 2.14. The molecule has 1 aliphatic rings. The molecule has 0 aromatic heterocycles. The lowest BCUT2D eigenvalue weighted by Crippen LogP contribution is -2.41. The first-order valence-electron chi connectivity index (χ1n) is 5.37. The fourth-order valence-electron chi connectivity index (χ4n) is 1.61. The molecule has 1 rings (SSSR count). The highest BCUT2D eigenvalue weighted by molar-refractivity contribution is 4.73. The number of nitrogens with two attached hydrogens (primary N) is 1. The quantitative estimate of drug-likeness (QED) is 0.619. The second-order valence-electron chi connectivity index (χ2n) is 3.78. The van der Waals surface area contributed by atoms with Crippen molar-refractivity contribution in [3.8, 4) is 0 Å². The largest absolute Gasteiger partial charge is 0.382 e. The van der Waals surface area contributed by atoms with Crippen molar-refractivity contribution in [1.29, 1.82) is 0 Å². The molecule has 14 heavy (non-hydrogen) atoms. The van der Waals surface area contributed by atoms with Gasteiger partial charge in [-0.25, -0.2) is 0 Å². The van der Waals surface area contributed by atoms with Crippen LogP contribution in [-0.2, 0) is 9.47 Å². The van der Waals surface area contributed by atoms with Crippen LogP contribution in [0.25, 0.3) is 0 Å². The van der Waals surface area contributed by atoms with E-state index in [2.05, 4.69) is 4.90 Å². The molecular weight excluding hydrogens is 180 g/mol. The van der Waals surface area contributed by atoms with Gasteiger partial charge in [0.05, 0.1) is 19.8 Å². The molecule has 1 aliphatic heterocycles. The summed E-state index contributed by atoms with van der Waals surface area (Å²) in [6, 6.07) is 0.417. The molecule has 2 N–H and O–H groups in total. The summed E-state index contributed by atoms with van der Waals surface area (Å²) >= 11 is 0. The van der Waals surface area contributed by atoms with Crippen LogP contribution in [0, 0.1) is 0 Å². The van der Waals surface area contributed by atoms with Crippen molar-refractivity contribution in [2.75, 3.05) is 46.6 Å². The van der Waals surface area contributed by atoms with Crippen LogP contribution in [0.5, 0.6) is 0 Å². The Bertz CT molecular complexity index is 136. The van der Waals surface area contributed by atoms with E-state index in [1.54, 1.807) is 7.11 Å². The van der Waals surface area contributed by atoms with E-state index < -0.39 is 0 Å². The molecular formula is C10H22N2O2. The van der Waals surface area contributed by atoms with E-state index in [4.69, 9.17) is 15.2 Å². The predicted octanol–water partition coefficient (Wildman–Crippen LogP) is 0.0725. The van der Waals surface area contributed by atoms with Crippen molar-refractivity contribution >= 4 is 0 Å². The minimum Gasteiger partial charge on any atom is -0.382 e. The van der Waals surface area contributed by atoms with E-state index in [1.807, 2.05) is 0 Å². The lowest BCUT2D eigenvalue weighted by atomic mass is 10.1. The zero-order valence-corrected chi connectivity index (χ0v) is 9.08.